The highest BCUT2D eigenvalue weighted by Gasteiger charge is 1.96. The first-order valence-electron chi connectivity index (χ1n) is 4.79. The minimum atomic E-state index is 0.291. The summed E-state index contributed by atoms with van der Waals surface area (Å²) in [6.45, 7) is 1.22. The van der Waals surface area contributed by atoms with Crippen molar-refractivity contribution in [3.63, 3.8) is 0 Å². The van der Waals surface area contributed by atoms with Crippen molar-refractivity contribution in [2.75, 3.05) is 18.5 Å². The first-order valence-corrected chi connectivity index (χ1v) is 5.58. The van der Waals surface area contributed by atoms with Crippen LogP contribution in [-0.2, 0) is 0 Å². The van der Waals surface area contributed by atoms with E-state index in [1.54, 1.807) is 12.4 Å². The van der Waals surface area contributed by atoms with Gasteiger partial charge in [0.15, 0.2) is 0 Å². The number of aliphatic hydroxyl groups is 1. The van der Waals surface area contributed by atoms with Gasteiger partial charge < -0.3 is 10.4 Å². The van der Waals surface area contributed by atoms with Gasteiger partial charge in [-0.25, -0.2) is 0 Å². The van der Waals surface area contributed by atoms with Crippen LogP contribution < -0.4 is 5.32 Å². The molecule has 0 saturated carbocycles. The summed E-state index contributed by atoms with van der Waals surface area (Å²) in [7, 11) is 0. The third-order valence-corrected chi connectivity index (χ3v) is 2.55. The van der Waals surface area contributed by atoms with E-state index in [1.165, 1.54) is 0 Å². The zero-order valence-electron chi connectivity index (χ0n) is 8.04. The van der Waals surface area contributed by atoms with Crippen LogP contribution in [0.3, 0.4) is 0 Å². The summed E-state index contributed by atoms with van der Waals surface area (Å²) in [5, 5.41) is 11.9. The van der Waals surface area contributed by atoms with Crippen LogP contribution in [0, 0.1) is 0 Å². The topological polar surface area (TPSA) is 45.1 Å². The zero-order chi connectivity index (χ0) is 10.2. The van der Waals surface area contributed by atoms with Crippen LogP contribution >= 0.6 is 15.9 Å². The molecule has 2 N–H and O–H groups in total. The summed E-state index contributed by atoms with van der Waals surface area (Å²) in [5.74, 6) is 0. The van der Waals surface area contributed by atoms with E-state index in [0.717, 1.165) is 36.0 Å². The molecule has 0 radical (unpaired) electrons. The van der Waals surface area contributed by atoms with Crippen molar-refractivity contribution in [3.8, 4) is 0 Å². The number of aliphatic hydroxyl groups excluding tert-OH is 1. The average molecular weight is 259 g/mol. The van der Waals surface area contributed by atoms with Crippen LogP contribution in [0.1, 0.15) is 19.3 Å². The van der Waals surface area contributed by atoms with Crippen molar-refractivity contribution in [2.45, 2.75) is 19.3 Å². The van der Waals surface area contributed by atoms with Gasteiger partial charge in [-0.1, -0.05) is 0 Å². The lowest BCUT2D eigenvalue weighted by Gasteiger charge is -2.06. The summed E-state index contributed by atoms with van der Waals surface area (Å²) >= 11 is 3.41. The second-order valence-corrected chi connectivity index (χ2v) is 3.92. The van der Waals surface area contributed by atoms with Crippen LogP contribution in [0.5, 0.6) is 0 Å². The molecule has 1 rings (SSSR count). The van der Waals surface area contributed by atoms with E-state index in [2.05, 4.69) is 26.2 Å². The van der Waals surface area contributed by atoms with Gasteiger partial charge in [-0.15, -0.1) is 0 Å². The maximum atomic E-state index is 8.59. The minimum absolute atomic E-state index is 0.291. The largest absolute Gasteiger partial charge is 0.396 e. The molecule has 3 nitrogen and oxygen atoms in total. The Labute approximate surface area is 92.7 Å². The molecule has 0 aliphatic heterocycles. The Balaban J connectivity index is 2.21. The Hall–Kier alpha value is -0.610. The van der Waals surface area contributed by atoms with Gasteiger partial charge in [0.25, 0.3) is 0 Å². The van der Waals surface area contributed by atoms with Crippen molar-refractivity contribution in [3.05, 3.63) is 22.9 Å². The maximum Gasteiger partial charge on any atom is 0.0590 e. The Morgan fingerprint density at radius 1 is 1.36 bits per heavy atom. The fourth-order valence-electron chi connectivity index (χ4n) is 1.16. The molecule has 0 aromatic carbocycles. The van der Waals surface area contributed by atoms with Crippen LogP contribution in [0.15, 0.2) is 22.9 Å². The van der Waals surface area contributed by atoms with Gasteiger partial charge in [-0.3, -0.25) is 4.98 Å². The molecule has 1 aromatic heterocycles. The van der Waals surface area contributed by atoms with E-state index in [1.807, 2.05) is 6.07 Å². The molecular formula is C10H15BrN2O. The standard InChI is InChI=1S/C10H15BrN2O/c11-9-8-12-6-4-10(9)13-5-2-1-3-7-14/h4,6,8,14H,1-3,5,7H2,(H,12,13). The first kappa shape index (κ1) is 11.5. The zero-order valence-corrected chi connectivity index (χ0v) is 9.63. The van der Waals surface area contributed by atoms with Crippen molar-refractivity contribution in [1.82, 2.24) is 4.98 Å². The summed E-state index contributed by atoms with van der Waals surface area (Å²) < 4.78 is 0.988. The van der Waals surface area contributed by atoms with E-state index in [0.29, 0.717) is 6.61 Å². The van der Waals surface area contributed by atoms with Crippen LogP contribution in [0.2, 0.25) is 0 Å². The number of hydrogen-bond acceptors (Lipinski definition) is 3. The number of hydrogen-bond donors (Lipinski definition) is 2. The second kappa shape index (κ2) is 6.79. The lowest BCUT2D eigenvalue weighted by atomic mass is 10.2. The van der Waals surface area contributed by atoms with Gasteiger partial charge in [0.2, 0.25) is 0 Å². The molecule has 0 unspecified atom stereocenters. The third kappa shape index (κ3) is 4.07. The Morgan fingerprint density at radius 3 is 2.93 bits per heavy atom. The van der Waals surface area contributed by atoms with Gasteiger partial charge >= 0.3 is 0 Å². The maximum absolute atomic E-state index is 8.59. The highest BCUT2D eigenvalue weighted by Crippen LogP contribution is 2.19. The summed E-state index contributed by atoms with van der Waals surface area (Å²) in [5.41, 5.74) is 1.07. The molecule has 0 amide bonds. The van der Waals surface area contributed by atoms with Crippen molar-refractivity contribution >= 4 is 21.6 Å². The summed E-state index contributed by atoms with van der Waals surface area (Å²) in [6, 6.07) is 1.94. The average Bonchev–Trinajstić information content (AvgIpc) is 2.20. The molecule has 0 bridgehead atoms. The molecule has 4 heteroatoms. The van der Waals surface area contributed by atoms with Crippen molar-refractivity contribution in [1.29, 1.82) is 0 Å². The van der Waals surface area contributed by atoms with E-state index in [9.17, 15) is 0 Å². The molecule has 78 valence electrons. The van der Waals surface area contributed by atoms with Gasteiger partial charge in [-0.05, 0) is 41.3 Å². The van der Waals surface area contributed by atoms with E-state index in [4.69, 9.17) is 5.11 Å². The van der Waals surface area contributed by atoms with Gasteiger partial charge in [0, 0.05) is 25.5 Å². The van der Waals surface area contributed by atoms with E-state index in [-0.39, 0.29) is 0 Å². The Bertz CT molecular complexity index is 268. The van der Waals surface area contributed by atoms with Gasteiger partial charge in [0.05, 0.1) is 10.2 Å². The highest BCUT2D eigenvalue weighted by molar-refractivity contribution is 9.10. The molecule has 0 aliphatic rings. The predicted molar refractivity (Wildman–Crippen MR) is 61.4 cm³/mol. The lowest BCUT2D eigenvalue weighted by molar-refractivity contribution is 0.283. The molecule has 14 heavy (non-hydrogen) atoms. The number of halogens is 1. The van der Waals surface area contributed by atoms with Crippen LogP contribution in [0.4, 0.5) is 5.69 Å². The summed E-state index contributed by atoms with van der Waals surface area (Å²) in [6.07, 6.45) is 6.57. The van der Waals surface area contributed by atoms with E-state index >= 15 is 0 Å². The van der Waals surface area contributed by atoms with Crippen molar-refractivity contribution in [2.24, 2.45) is 0 Å². The van der Waals surface area contributed by atoms with Gasteiger partial charge in [-0.2, -0.15) is 0 Å². The molecule has 0 spiro atoms. The molecule has 0 aliphatic carbocycles. The fourth-order valence-corrected chi connectivity index (χ4v) is 1.55. The summed E-state index contributed by atoms with van der Waals surface area (Å²) in [4.78, 5) is 3.98. The van der Waals surface area contributed by atoms with Crippen LogP contribution in [0.25, 0.3) is 0 Å². The SMILES string of the molecule is OCCCCCNc1ccncc1Br. The quantitative estimate of drug-likeness (QED) is 0.771. The molecule has 1 heterocycles. The second-order valence-electron chi connectivity index (χ2n) is 3.07. The minimum Gasteiger partial charge on any atom is -0.396 e. The Kier molecular flexibility index (Phi) is 5.56. The number of anilines is 1. The molecule has 0 saturated heterocycles. The molecule has 0 fully saturated rings. The smallest absolute Gasteiger partial charge is 0.0590 e. The normalized spacial score (nSPS) is 10.1. The molecule has 1 aromatic rings. The molecule has 0 atom stereocenters. The highest BCUT2D eigenvalue weighted by atomic mass is 79.9. The number of pyridine rings is 1. The lowest BCUT2D eigenvalue weighted by Crippen LogP contribution is -2.02. The number of aromatic nitrogens is 1. The predicted octanol–water partition coefficient (Wildman–Crippen LogP) is 2.42. The monoisotopic (exact) mass is 258 g/mol. The van der Waals surface area contributed by atoms with E-state index < -0.39 is 0 Å². The third-order valence-electron chi connectivity index (χ3n) is 1.92. The number of nitrogens with one attached hydrogen (secondary N) is 1. The molecular weight excluding hydrogens is 244 g/mol. The number of unbranched alkanes of at least 4 members (excludes halogenated alkanes) is 2. The van der Waals surface area contributed by atoms with Crippen LogP contribution in [-0.4, -0.2) is 23.2 Å². The Morgan fingerprint density at radius 2 is 2.21 bits per heavy atom. The van der Waals surface area contributed by atoms with Gasteiger partial charge in [0.1, 0.15) is 0 Å². The fraction of sp³-hybridized carbons (Fsp3) is 0.500. The first-order chi connectivity index (χ1) is 6.84. The number of rotatable bonds is 6. The van der Waals surface area contributed by atoms with Crippen molar-refractivity contribution < 1.29 is 5.11 Å². The number of nitrogens with zero attached hydrogens (tertiary/aromatic N) is 1.